The lowest BCUT2D eigenvalue weighted by atomic mass is 9.82. The highest BCUT2D eigenvalue weighted by molar-refractivity contribution is 5.80. The third-order valence-corrected chi connectivity index (χ3v) is 4.93. The molecule has 0 aromatic rings. The van der Waals surface area contributed by atoms with E-state index >= 15 is 0 Å². The van der Waals surface area contributed by atoms with Crippen LogP contribution in [0, 0.1) is 5.92 Å². The smallest absolute Gasteiger partial charge is 0.226 e. The van der Waals surface area contributed by atoms with Crippen LogP contribution in [-0.4, -0.2) is 67.3 Å². The summed E-state index contributed by atoms with van der Waals surface area (Å²) in [5, 5.41) is 0. The number of piperazine rings is 1. The zero-order chi connectivity index (χ0) is 13.4. The molecule has 2 bridgehead atoms. The number of alkyl halides is 1. The first kappa shape index (κ1) is 13.3. The minimum Gasteiger partial charge on any atom is -0.383 e. The van der Waals surface area contributed by atoms with E-state index in [0.717, 1.165) is 26.2 Å². The second-order valence-electron chi connectivity index (χ2n) is 6.12. The molecule has 3 rings (SSSR count). The summed E-state index contributed by atoms with van der Waals surface area (Å²) in [6.07, 6.45) is 2.49. The van der Waals surface area contributed by atoms with Crippen molar-refractivity contribution in [2.24, 2.45) is 5.92 Å². The molecule has 2 saturated heterocycles. The van der Waals surface area contributed by atoms with Crippen molar-refractivity contribution in [1.29, 1.82) is 0 Å². The summed E-state index contributed by atoms with van der Waals surface area (Å²) in [5.41, 5.74) is 0. The number of methoxy groups -OCH3 is 1. The van der Waals surface area contributed by atoms with E-state index in [4.69, 9.17) is 4.74 Å². The molecule has 0 aromatic heterocycles. The van der Waals surface area contributed by atoms with Gasteiger partial charge in [0.05, 0.1) is 6.61 Å². The molecule has 0 N–H and O–H groups in total. The van der Waals surface area contributed by atoms with Gasteiger partial charge in [-0.3, -0.25) is 9.69 Å². The Labute approximate surface area is 113 Å². The topological polar surface area (TPSA) is 32.8 Å². The molecule has 3 aliphatic rings. The Balaban J connectivity index is 1.56. The number of fused-ring (bicyclic) bond motifs is 2. The van der Waals surface area contributed by atoms with Crippen molar-refractivity contribution in [3.8, 4) is 0 Å². The van der Waals surface area contributed by atoms with Gasteiger partial charge in [0.25, 0.3) is 0 Å². The molecule has 3 fully saturated rings. The number of halogens is 1. The number of carbonyl (C=O) groups is 1. The fourth-order valence-electron chi connectivity index (χ4n) is 3.74. The van der Waals surface area contributed by atoms with E-state index < -0.39 is 6.17 Å². The molecule has 108 valence electrons. The lowest BCUT2D eigenvalue weighted by Crippen LogP contribution is -2.57. The average molecular weight is 270 g/mol. The number of carbonyl (C=O) groups excluding carboxylic acids is 1. The van der Waals surface area contributed by atoms with Gasteiger partial charge >= 0.3 is 0 Å². The summed E-state index contributed by atoms with van der Waals surface area (Å²) in [6, 6.07) is 0.971. The minimum atomic E-state index is -0.742. The van der Waals surface area contributed by atoms with Crippen molar-refractivity contribution in [1.82, 2.24) is 9.80 Å². The fourth-order valence-corrected chi connectivity index (χ4v) is 3.74. The predicted octanol–water partition coefficient (Wildman–Crippen LogP) is 1.06. The maximum Gasteiger partial charge on any atom is 0.226 e. The molecule has 4 nitrogen and oxygen atoms in total. The summed E-state index contributed by atoms with van der Waals surface area (Å²) in [5.74, 6) is 0.150. The molecule has 2 heterocycles. The first-order valence-electron chi connectivity index (χ1n) is 7.36. The second-order valence-corrected chi connectivity index (χ2v) is 6.12. The highest BCUT2D eigenvalue weighted by Gasteiger charge is 2.44. The Morgan fingerprint density at radius 3 is 2.42 bits per heavy atom. The fraction of sp³-hybridized carbons (Fsp3) is 0.929. The number of rotatable bonds is 4. The van der Waals surface area contributed by atoms with E-state index in [0.29, 0.717) is 24.9 Å². The number of likely N-dealkylation sites (tertiary alicyclic amines) is 1. The van der Waals surface area contributed by atoms with E-state index in [1.54, 1.807) is 7.11 Å². The van der Waals surface area contributed by atoms with E-state index in [1.807, 2.05) is 4.90 Å². The van der Waals surface area contributed by atoms with Gasteiger partial charge in [0.1, 0.15) is 6.17 Å². The molecule has 1 amide bonds. The molecule has 2 aliphatic heterocycles. The summed E-state index contributed by atoms with van der Waals surface area (Å²) >= 11 is 0. The molecule has 0 unspecified atom stereocenters. The van der Waals surface area contributed by atoms with Gasteiger partial charge in [-0.05, 0) is 25.7 Å². The lowest BCUT2D eigenvalue weighted by molar-refractivity contribution is -0.144. The average Bonchev–Trinajstić information content (AvgIpc) is 2.60. The van der Waals surface area contributed by atoms with Crippen LogP contribution in [0.25, 0.3) is 0 Å². The Hall–Kier alpha value is -0.680. The quantitative estimate of drug-likeness (QED) is 0.765. The third-order valence-electron chi connectivity index (χ3n) is 4.93. The van der Waals surface area contributed by atoms with Gasteiger partial charge in [-0.2, -0.15) is 0 Å². The van der Waals surface area contributed by atoms with Gasteiger partial charge in [-0.15, -0.1) is 0 Å². The zero-order valence-corrected chi connectivity index (χ0v) is 11.6. The van der Waals surface area contributed by atoms with E-state index in [2.05, 4.69) is 4.90 Å². The first-order chi connectivity index (χ1) is 9.19. The van der Waals surface area contributed by atoms with Crippen LogP contribution < -0.4 is 0 Å². The van der Waals surface area contributed by atoms with Crippen LogP contribution in [0.15, 0.2) is 0 Å². The van der Waals surface area contributed by atoms with Gasteiger partial charge in [0.2, 0.25) is 5.91 Å². The largest absolute Gasteiger partial charge is 0.383 e. The van der Waals surface area contributed by atoms with Crippen LogP contribution in [0.3, 0.4) is 0 Å². The van der Waals surface area contributed by atoms with E-state index in [-0.39, 0.29) is 11.8 Å². The number of ether oxygens (including phenoxy) is 1. The van der Waals surface area contributed by atoms with Gasteiger partial charge in [0, 0.05) is 44.7 Å². The molecular formula is C14H23FN2O2. The van der Waals surface area contributed by atoms with Gasteiger partial charge in [0.15, 0.2) is 0 Å². The van der Waals surface area contributed by atoms with E-state index in [9.17, 15) is 9.18 Å². The van der Waals surface area contributed by atoms with Crippen LogP contribution in [0.2, 0.25) is 0 Å². The molecule has 0 aromatic carbocycles. The molecule has 0 radical (unpaired) electrons. The highest BCUT2D eigenvalue weighted by Crippen LogP contribution is 2.35. The van der Waals surface area contributed by atoms with Crippen LogP contribution in [-0.2, 0) is 9.53 Å². The maximum absolute atomic E-state index is 12.9. The lowest BCUT2D eigenvalue weighted by Gasteiger charge is -2.43. The monoisotopic (exact) mass is 270 g/mol. The van der Waals surface area contributed by atoms with Crippen molar-refractivity contribution in [2.45, 2.75) is 43.9 Å². The summed E-state index contributed by atoms with van der Waals surface area (Å²) < 4.78 is 18.0. The molecule has 5 heteroatoms. The summed E-state index contributed by atoms with van der Waals surface area (Å²) in [6.45, 7) is 3.37. The highest BCUT2D eigenvalue weighted by atomic mass is 19.1. The molecule has 19 heavy (non-hydrogen) atoms. The molecule has 2 atom stereocenters. The standard InChI is InChI=1S/C14H23FN2O2/c1-19-5-4-17-12-2-3-13(17)9-16(8-12)14(18)10-6-11(15)7-10/h10-13H,2-9H2,1H3/t10?,11?,12-,13-/m0/s1. The SMILES string of the molecule is COCCN1[C@H]2CC[C@H]1CN(C(=O)C1CC(F)C1)C2. The van der Waals surface area contributed by atoms with Gasteiger partial charge < -0.3 is 9.64 Å². The molecule has 1 saturated carbocycles. The summed E-state index contributed by atoms with van der Waals surface area (Å²) in [7, 11) is 1.73. The Morgan fingerprint density at radius 2 is 1.89 bits per heavy atom. The molecule has 1 aliphatic carbocycles. The number of hydrogen-bond donors (Lipinski definition) is 0. The minimum absolute atomic E-state index is 0.0417. The molecular weight excluding hydrogens is 247 g/mol. The van der Waals surface area contributed by atoms with Crippen LogP contribution in [0.5, 0.6) is 0 Å². The number of amides is 1. The Morgan fingerprint density at radius 1 is 1.26 bits per heavy atom. The van der Waals surface area contributed by atoms with Crippen LogP contribution in [0.4, 0.5) is 4.39 Å². The van der Waals surface area contributed by atoms with Gasteiger partial charge in [-0.25, -0.2) is 4.39 Å². The first-order valence-corrected chi connectivity index (χ1v) is 7.36. The van der Waals surface area contributed by atoms with Crippen molar-refractivity contribution >= 4 is 5.91 Å². The zero-order valence-electron chi connectivity index (χ0n) is 11.6. The Kier molecular flexibility index (Phi) is 3.76. The van der Waals surface area contributed by atoms with Crippen molar-refractivity contribution in [2.75, 3.05) is 33.4 Å². The predicted molar refractivity (Wildman–Crippen MR) is 69.6 cm³/mol. The third kappa shape index (κ3) is 2.50. The van der Waals surface area contributed by atoms with Crippen molar-refractivity contribution in [3.63, 3.8) is 0 Å². The number of nitrogens with zero attached hydrogens (tertiary/aromatic N) is 2. The van der Waals surface area contributed by atoms with Gasteiger partial charge in [-0.1, -0.05) is 0 Å². The molecule has 0 spiro atoms. The number of hydrogen-bond acceptors (Lipinski definition) is 3. The second kappa shape index (κ2) is 5.37. The van der Waals surface area contributed by atoms with Crippen LogP contribution >= 0.6 is 0 Å². The summed E-state index contributed by atoms with van der Waals surface area (Å²) in [4.78, 5) is 16.8. The van der Waals surface area contributed by atoms with Crippen molar-refractivity contribution in [3.05, 3.63) is 0 Å². The normalized spacial score (nSPS) is 38.3. The van der Waals surface area contributed by atoms with E-state index in [1.165, 1.54) is 12.8 Å². The van der Waals surface area contributed by atoms with Crippen molar-refractivity contribution < 1.29 is 13.9 Å². The Bertz CT molecular complexity index is 332. The maximum atomic E-state index is 12.9. The van der Waals surface area contributed by atoms with Crippen LogP contribution in [0.1, 0.15) is 25.7 Å².